The van der Waals surface area contributed by atoms with Crippen LogP contribution in [0.15, 0.2) is 24.3 Å². The Morgan fingerprint density at radius 3 is 2.24 bits per heavy atom. The van der Waals surface area contributed by atoms with Crippen LogP contribution in [0.4, 0.5) is 4.39 Å². The van der Waals surface area contributed by atoms with E-state index in [4.69, 9.17) is 0 Å². The molecule has 1 fully saturated rings. The number of carbonyl (C=O) groups is 1. The summed E-state index contributed by atoms with van der Waals surface area (Å²) in [6.45, 7) is 3.74. The number of Topliss-reactive ketones (excluding diaryl/α,β-unsaturated/α-hetero) is 1. The second-order valence-electron chi connectivity index (χ2n) is 5.01. The molecule has 0 unspecified atom stereocenters. The summed E-state index contributed by atoms with van der Waals surface area (Å²) in [4.78, 5) is 14.0. The highest BCUT2D eigenvalue weighted by molar-refractivity contribution is 7.89. The minimum atomic E-state index is -3.15. The van der Waals surface area contributed by atoms with Crippen molar-refractivity contribution in [1.82, 2.24) is 9.21 Å². The van der Waals surface area contributed by atoms with Gasteiger partial charge < -0.3 is 0 Å². The third kappa shape index (κ3) is 4.09. The molecule has 0 radical (unpaired) electrons. The fourth-order valence-corrected chi connectivity index (χ4v) is 3.36. The molecule has 0 atom stereocenters. The van der Waals surface area contributed by atoms with Crippen LogP contribution in [-0.2, 0) is 10.0 Å². The van der Waals surface area contributed by atoms with Crippen molar-refractivity contribution in [2.24, 2.45) is 0 Å². The van der Waals surface area contributed by atoms with E-state index < -0.39 is 10.0 Å². The SMILES string of the molecule is CCS(=O)(=O)N1CCN(CC(=O)c2ccc(F)cc2)CC1. The van der Waals surface area contributed by atoms with Gasteiger partial charge in [-0.3, -0.25) is 9.69 Å². The maximum Gasteiger partial charge on any atom is 0.213 e. The molecule has 0 spiro atoms. The topological polar surface area (TPSA) is 57.7 Å². The maximum absolute atomic E-state index is 12.8. The van der Waals surface area contributed by atoms with Crippen LogP contribution < -0.4 is 0 Å². The minimum absolute atomic E-state index is 0.0817. The molecule has 1 aromatic rings. The number of rotatable bonds is 5. The van der Waals surface area contributed by atoms with Gasteiger partial charge in [0.1, 0.15) is 5.82 Å². The van der Waals surface area contributed by atoms with E-state index in [1.54, 1.807) is 6.92 Å². The van der Waals surface area contributed by atoms with E-state index in [0.29, 0.717) is 31.7 Å². The molecular formula is C14H19FN2O3S. The van der Waals surface area contributed by atoms with Crippen LogP contribution in [0.2, 0.25) is 0 Å². The monoisotopic (exact) mass is 314 g/mol. The zero-order chi connectivity index (χ0) is 15.5. The Morgan fingerprint density at radius 2 is 1.71 bits per heavy atom. The van der Waals surface area contributed by atoms with E-state index in [0.717, 1.165) is 0 Å². The quantitative estimate of drug-likeness (QED) is 0.760. The van der Waals surface area contributed by atoms with Gasteiger partial charge in [-0.05, 0) is 31.2 Å². The first kappa shape index (κ1) is 16.1. The fourth-order valence-electron chi connectivity index (χ4n) is 2.28. The van der Waals surface area contributed by atoms with Gasteiger partial charge in [0, 0.05) is 31.7 Å². The van der Waals surface area contributed by atoms with Gasteiger partial charge in [-0.15, -0.1) is 0 Å². The van der Waals surface area contributed by atoms with Gasteiger partial charge >= 0.3 is 0 Å². The molecule has 0 saturated carbocycles. The van der Waals surface area contributed by atoms with Crippen molar-refractivity contribution >= 4 is 15.8 Å². The lowest BCUT2D eigenvalue weighted by molar-refractivity contribution is 0.0901. The summed E-state index contributed by atoms with van der Waals surface area (Å²) >= 11 is 0. The number of ketones is 1. The Bertz CT molecular complexity index is 593. The van der Waals surface area contributed by atoms with Gasteiger partial charge in [-0.25, -0.2) is 12.8 Å². The molecule has 1 saturated heterocycles. The van der Waals surface area contributed by atoms with Crippen LogP contribution in [0.3, 0.4) is 0 Å². The highest BCUT2D eigenvalue weighted by Gasteiger charge is 2.26. The smallest absolute Gasteiger partial charge is 0.213 e. The Morgan fingerprint density at radius 1 is 1.14 bits per heavy atom. The second kappa shape index (κ2) is 6.64. The summed E-state index contributed by atoms with van der Waals surface area (Å²) < 4.78 is 37.8. The van der Waals surface area contributed by atoms with Crippen molar-refractivity contribution < 1.29 is 17.6 Å². The average Bonchev–Trinajstić information content (AvgIpc) is 2.48. The lowest BCUT2D eigenvalue weighted by Crippen LogP contribution is -2.50. The third-order valence-corrected chi connectivity index (χ3v) is 5.50. The lowest BCUT2D eigenvalue weighted by Gasteiger charge is -2.33. The minimum Gasteiger partial charge on any atom is -0.293 e. The number of nitrogens with zero attached hydrogens (tertiary/aromatic N) is 2. The molecule has 2 rings (SSSR count). The second-order valence-corrected chi connectivity index (χ2v) is 7.26. The van der Waals surface area contributed by atoms with Crippen LogP contribution >= 0.6 is 0 Å². The summed E-state index contributed by atoms with van der Waals surface area (Å²) in [6.07, 6.45) is 0. The van der Waals surface area contributed by atoms with Gasteiger partial charge in [0.15, 0.2) is 5.78 Å². The number of hydrogen-bond acceptors (Lipinski definition) is 4. The molecule has 1 aliphatic rings. The highest BCUT2D eigenvalue weighted by atomic mass is 32.2. The number of halogens is 1. The van der Waals surface area contributed by atoms with E-state index in [9.17, 15) is 17.6 Å². The largest absolute Gasteiger partial charge is 0.293 e. The third-order valence-electron chi connectivity index (χ3n) is 3.62. The Hall–Kier alpha value is -1.31. The van der Waals surface area contributed by atoms with Crippen LogP contribution in [-0.4, -0.2) is 61.9 Å². The summed E-state index contributed by atoms with van der Waals surface area (Å²) in [7, 11) is -3.15. The van der Waals surface area contributed by atoms with Gasteiger partial charge in [-0.2, -0.15) is 4.31 Å². The molecule has 1 heterocycles. The summed E-state index contributed by atoms with van der Waals surface area (Å²) in [6, 6.07) is 5.46. The summed E-state index contributed by atoms with van der Waals surface area (Å²) in [5.74, 6) is -0.353. The number of carbonyl (C=O) groups excluding carboxylic acids is 1. The summed E-state index contributed by atoms with van der Waals surface area (Å²) in [5.41, 5.74) is 0.472. The Kier molecular flexibility index (Phi) is 5.08. The van der Waals surface area contributed by atoms with E-state index in [2.05, 4.69) is 0 Å². The number of benzene rings is 1. The first-order valence-corrected chi connectivity index (χ1v) is 8.52. The van der Waals surface area contributed by atoms with E-state index >= 15 is 0 Å². The standard InChI is InChI=1S/C14H19FN2O3S/c1-2-21(19,20)17-9-7-16(8-10-17)11-14(18)12-3-5-13(15)6-4-12/h3-6H,2,7-11H2,1H3. The summed E-state index contributed by atoms with van der Waals surface area (Å²) in [5, 5.41) is 0. The molecule has 1 aromatic carbocycles. The zero-order valence-corrected chi connectivity index (χ0v) is 12.8. The molecule has 0 aliphatic carbocycles. The van der Waals surface area contributed by atoms with Crippen molar-refractivity contribution in [2.45, 2.75) is 6.92 Å². The number of piperazine rings is 1. The highest BCUT2D eigenvalue weighted by Crippen LogP contribution is 2.10. The molecule has 116 valence electrons. The lowest BCUT2D eigenvalue weighted by atomic mass is 10.1. The molecule has 21 heavy (non-hydrogen) atoms. The number of sulfonamides is 1. The van der Waals surface area contributed by atoms with Gasteiger partial charge in [-0.1, -0.05) is 0 Å². The van der Waals surface area contributed by atoms with Crippen LogP contribution in [0.1, 0.15) is 17.3 Å². The number of hydrogen-bond donors (Lipinski definition) is 0. The van der Waals surface area contributed by atoms with Gasteiger partial charge in [0.25, 0.3) is 0 Å². The molecule has 7 heteroatoms. The molecule has 1 aliphatic heterocycles. The first-order valence-electron chi connectivity index (χ1n) is 6.91. The average molecular weight is 314 g/mol. The van der Waals surface area contributed by atoms with Crippen LogP contribution in [0.25, 0.3) is 0 Å². The zero-order valence-electron chi connectivity index (χ0n) is 12.0. The van der Waals surface area contributed by atoms with E-state index in [1.165, 1.54) is 28.6 Å². The molecule has 5 nitrogen and oxygen atoms in total. The first-order chi connectivity index (χ1) is 9.92. The van der Waals surface area contributed by atoms with Crippen molar-refractivity contribution in [3.05, 3.63) is 35.6 Å². The van der Waals surface area contributed by atoms with Crippen molar-refractivity contribution in [3.8, 4) is 0 Å². The maximum atomic E-state index is 12.8. The molecular weight excluding hydrogens is 295 g/mol. The van der Waals surface area contributed by atoms with Gasteiger partial charge in [0.05, 0.1) is 12.3 Å². The predicted molar refractivity (Wildman–Crippen MR) is 78.2 cm³/mol. The van der Waals surface area contributed by atoms with Crippen molar-refractivity contribution in [3.63, 3.8) is 0 Å². The molecule has 0 aromatic heterocycles. The Labute approximate surface area is 124 Å². The molecule has 0 bridgehead atoms. The van der Waals surface area contributed by atoms with Crippen LogP contribution in [0.5, 0.6) is 0 Å². The van der Waals surface area contributed by atoms with Crippen molar-refractivity contribution in [1.29, 1.82) is 0 Å². The van der Waals surface area contributed by atoms with E-state index in [1.807, 2.05) is 4.90 Å². The van der Waals surface area contributed by atoms with E-state index in [-0.39, 0.29) is 23.9 Å². The Balaban J connectivity index is 1.89. The predicted octanol–water partition coefficient (Wildman–Crippen LogP) is 0.976. The molecule has 0 N–H and O–H groups in total. The van der Waals surface area contributed by atoms with Crippen LogP contribution in [0, 0.1) is 5.82 Å². The van der Waals surface area contributed by atoms with Crippen molar-refractivity contribution in [2.75, 3.05) is 38.5 Å². The normalized spacial score (nSPS) is 17.8. The molecule has 0 amide bonds. The fraction of sp³-hybridized carbons (Fsp3) is 0.500. The van der Waals surface area contributed by atoms with Gasteiger partial charge in [0.2, 0.25) is 10.0 Å².